The number of amides is 1. The predicted octanol–water partition coefficient (Wildman–Crippen LogP) is 1.94. The number of piperidine rings is 1. The van der Waals surface area contributed by atoms with Crippen LogP contribution in [0.25, 0.3) is 0 Å². The second-order valence-corrected chi connectivity index (χ2v) is 6.85. The quantitative estimate of drug-likeness (QED) is 0.919. The van der Waals surface area contributed by atoms with Gasteiger partial charge in [-0.2, -0.15) is 0 Å². The summed E-state index contributed by atoms with van der Waals surface area (Å²) in [6.45, 7) is 7.22. The highest BCUT2D eigenvalue weighted by molar-refractivity contribution is 5.76. The van der Waals surface area contributed by atoms with Crippen LogP contribution < -0.4 is 5.56 Å². The third kappa shape index (κ3) is 3.97. The summed E-state index contributed by atoms with van der Waals surface area (Å²) in [6.07, 6.45) is 5.85. The van der Waals surface area contributed by atoms with Crippen molar-refractivity contribution >= 4 is 5.91 Å². The van der Waals surface area contributed by atoms with E-state index in [0.717, 1.165) is 24.4 Å². The number of nitrogens with zero attached hydrogens (tertiary/aromatic N) is 4. The Labute approximate surface area is 147 Å². The van der Waals surface area contributed by atoms with Crippen LogP contribution in [-0.2, 0) is 4.79 Å². The molecule has 134 valence electrons. The molecule has 2 aromatic rings. The summed E-state index contributed by atoms with van der Waals surface area (Å²) >= 11 is 0. The number of H-pyrrole nitrogens is 1. The third-order valence-electron chi connectivity index (χ3n) is 4.95. The van der Waals surface area contributed by atoms with Crippen LogP contribution in [0.2, 0.25) is 0 Å². The molecule has 0 aromatic carbocycles. The first kappa shape index (κ1) is 17.4. The van der Waals surface area contributed by atoms with E-state index < -0.39 is 0 Å². The number of carbonyl (C=O) groups is 1. The van der Waals surface area contributed by atoms with E-state index >= 15 is 0 Å². The van der Waals surface area contributed by atoms with Gasteiger partial charge in [-0.1, -0.05) is 0 Å². The SMILES string of the molecule is Cc1nc(C2CCN(C(=O)CC(C)n3ccnc3C)CC2)cc(=O)[nH]1. The number of aryl methyl sites for hydroxylation is 2. The summed E-state index contributed by atoms with van der Waals surface area (Å²) in [5.41, 5.74) is 0.737. The molecule has 3 heterocycles. The number of carbonyl (C=O) groups excluding carboxylic acids is 1. The van der Waals surface area contributed by atoms with Crippen LogP contribution >= 0.6 is 0 Å². The first-order valence-corrected chi connectivity index (χ1v) is 8.79. The molecule has 0 bridgehead atoms. The zero-order chi connectivity index (χ0) is 18.0. The second-order valence-electron chi connectivity index (χ2n) is 6.85. The Balaban J connectivity index is 1.57. The first-order chi connectivity index (χ1) is 11.9. The Kier molecular flexibility index (Phi) is 5.01. The van der Waals surface area contributed by atoms with Gasteiger partial charge in [-0.25, -0.2) is 9.97 Å². The Morgan fingerprint density at radius 1 is 1.36 bits per heavy atom. The second kappa shape index (κ2) is 7.21. The number of likely N-dealkylation sites (tertiary alicyclic amines) is 1. The van der Waals surface area contributed by atoms with Crippen molar-refractivity contribution in [2.24, 2.45) is 0 Å². The molecule has 0 spiro atoms. The van der Waals surface area contributed by atoms with Gasteiger partial charge in [-0.15, -0.1) is 0 Å². The highest BCUT2D eigenvalue weighted by Crippen LogP contribution is 2.27. The number of aromatic nitrogens is 4. The molecule has 2 aromatic heterocycles. The van der Waals surface area contributed by atoms with Gasteiger partial charge in [0.05, 0.1) is 5.69 Å². The van der Waals surface area contributed by atoms with Gasteiger partial charge in [0.1, 0.15) is 11.6 Å². The van der Waals surface area contributed by atoms with Gasteiger partial charge >= 0.3 is 0 Å². The van der Waals surface area contributed by atoms with E-state index in [1.54, 1.807) is 19.2 Å². The molecule has 1 N–H and O–H groups in total. The van der Waals surface area contributed by atoms with Gasteiger partial charge in [0.25, 0.3) is 5.56 Å². The lowest BCUT2D eigenvalue weighted by Gasteiger charge is -2.32. The van der Waals surface area contributed by atoms with E-state index in [-0.39, 0.29) is 23.4 Å². The van der Waals surface area contributed by atoms with E-state index in [1.165, 1.54) is 0 Å². The summed E-state index contributed by atoms with van der Waals surface area (Å²) in [6, 6.07) is 1.68. The lowest BCUT2D eigenvalue weighted by Crippen LogP contribution is -2.39. The predicted molar refractivity (Wildman–Crippen MR) is 94.4 cm³/mol. The minimum atomic E-state index is -0.106. The van der Waals surface area contributed by atoms with Gasteiger partial charge in [0, 0.05) is 49.9 Å². The lowest BCUT2D eigenvalue weighted by molar-refractivity contribution is -0.133. The molecular formula is C18H25N5O2. The molecule has 1 atom stereocenters. The molecule has 1 unspecified atom stereocenters. The number of aromatic amines is 1. The summed E-state index contributed by atoms with van der Waals surface area (Å²) in [5, 5.41) is 0. The summed E-state index contributed by atoms with van der Waals surface area (Å²) in [4.78, 5) is 37.5. The molecule has 1 amide bonds. The third-order valence-corrected chi connectivity index (χ3v) is 4.95. The molecule has 0 aliphatic carbocycles. The van der Waals surface area contributed by atoms with E-state index in [2.05, 4.69) is 15.0 Å². The number of nitrogens with one attached hydrogen (secondary N) is 1. The van der Waals surface area contributed by atoms with E-state index in [4.69, 9.17) is 0 Å². The molecule has 1 saturated heterocycles. The smallest absolute Gasteiger partial charge is 0.251 e. The Hall–Kier alpha value is -2.44. The van der Waals surface area contributed by atoms with E-state index in [1.807, 2.05) is 29.5 Å². The standard InChI is InChI=1S/C18H25N5O2/c1-12(23-9-6-19-14(23)3)10-18(25)22-7-4-15(5-8-22)16-11-17(24)21-13(2)20-16/h6,9,11-12,15H,4-5,7-8,10H2,1-3H3,(H,20,21,24). The van der Waals surface area contributed by atoms with Crippen molar-refractivity contribution in [2.45, 2.75) is 52.0 Å². The zero-order valence-corrected chi connectivity index (χ0v) is 15.0. The summed E-state index contributed by atoms with van der Waals surface area (Å²) in [5.74, 6) is 1.99. The van der Waals surface area contributed by atoms with Gasteiger partial charge in [-0.05, 0) is 33.6 Å². The molecule has 0 saturated carbocycles. The van der Waals surface area contributed by atoms with Crippen molar-refractivity contribution in [3.05, 3.63) is 46.2 Å². The molecule has 25 heavy (non-hydrogen) atoms. The average molecular weight is 343 g/mol. The largest absolute Gasteiger partial charge is 0.343 e. The minimum Gasteiger partial charge on any atom is -0.343 e. The van der Waals surface area contributed by atoms with Crippen molar-refractivity contribution in [1.82, 2.24) is 24.4 Å². The highest BCUT2D eigenvalue weighted by Gasteiger charge is 2.26. The highest BCUT2D eigenvalue weighted by atomic mass is 16.2. The van der Waals surface area contributed by atoms with Crippen LogP contribution in [0.15, 0.2) is 23.3 Å². The minimum absolute atomic E-state index is 0.102. The molecule has 7 nitrogen and oxygen atoms in total. The monoisotopic (exact) mass is 343 g/mol. The Morgan fingerprint density at radius 2 is 2.08 bits per heavy atom. The van der Waals surface area contributed by atoms with Crippen molar-refractivity contribution in [3.63, 3.8) is 0 Å². The summed E-state index contributed by atoms with van der Waals surface area (Å²) in [7, 11) is 0. The van der Waals surface area contributed by atoms with Crippen LogP contribution in [0.4, 0.5) is 0 Å². The molecular weight excluding hydrogens is 318 g/mol. The maximum Gasteiger partial charge on any atom is 0.251 e. The fourth-order valence-electron chi connectivity index (χ4n) is 3.57. The molecule has 3 rings (SSSR count). The molecule has 7 heteroatoms. The van der Waals surface area contributed by atoms with Crippen LogP contribution in [0.5, 0.6) is 0 Å². The van der Waals surface area contributed by atoms with Crippen LogP contribution in [0, 0.1) is 13.8 Å². The Bertz CT molecular complexity index is 802. The Morgan fingerprint density at radius 3 is 2.68 bits per heavy atom. The van der Waals surface area contributed by atoms with Crippen molar-refractivity contribution in [3.8, 4) is 0 Å². The lowest BCUT2D eigenvalue weighted by atomic mass is 9.93. The van der Waals surface area contributed by atoms with Gasteiger partial charge in [0.2, 0.25) is 5.91 Å². The number of imidazole rings is 1. The van der Waals surface area contributed by atoms with Crippen molar-refractivity contribution < 1.29 is 4.79 Å². The van der Waals surface area contributed by atoms with Crippen LogP contribution in [-0.4, -0.2) is 43.4 Å². The number of rotatable bonds is 4. The molecule has 1 aliphatic heterocycles. The average Bonchev–Trinajstić information content (AvgIpc) is 3.00. The van der Waals surface area contributed by atoms with Crippen LogP contribution in [0.1, 0.15) is 55.5 Å². The van der Waals surface area contributed by atoms with E-state index in [0.29, 0.717) is 25.3 Å². The van der Waals surface area contributed by atoms with Crippen molar-refractivity contribution in [1.29, 1.82) is 0 Å². The van der Waals surface area contributed by atoms with Gasteiger partial charge < -0.3 is 14.5 Å². The molecule has 1 fully saturated rings. The topological polar surface area (TPSA) is 83.9 Å². The maximum atomic E-state index is 12.6. The fourth-order valence-corrected chi connectivity index (χ4v) is 3.57. The van der Waals surface area contributed by atoms with Gasteiger partial charge in [0.15, 0.2) is 0 Å². The van der Waals surface area contributed by atoms with Crippen molar-refractivity contribution in [2.75, 3.05) is 13.1 Å². The van der Waals surface area contributed by atoms with Crippen LogP contribution in [0.3, 0.4) is 0 Å². The number of hydrogen-bond donors (Lipinski definition) is 1. The number of hydrogen-bond acceptors (Lipinski definition) is 4. The van der Waals surface area contributed by atoms with Gasteiger partial charge in [-0.3, -0.25) is 9.59 Å². The summed E-state index contributed by atoms with van der Waals surface area (Å²) < 4.78 is 2.04. The van der Waals surface area contributed by atoms with E-state index in [9.17, 15) is 9.59 Å². The maximum absolute atomic E-state index is 12.6. The first-order valence-electron chi connectivity index (χ1n) is 8.79. The zero-order valence-electron chi connectivity index (χ0n) is 15.0. The normalized spacial score (nSPS) is 16.8. The molecule has 1 aliphatic rings. The molecule has 0 radical (unpaired) electrons. The fraction of sp³-hybridized carbons (Fsp3) is 0.556.